The van der Waals surface area contributed by atoms with E-state index in [-0.39, 0.29) is 23.9 Å². The molecule has 2 N–H and O–H groups in total. The van der Waals surface area contributed by atoms with Crippen LogP contribution in [0, 0.1) is 0 Å². The SMILES string of the molecule is CC1=C(C)C(=O)C(C(CCCCC(=O)NO)c2ccccc2)=C(C)C1=O. The summed E-state index contributed by atoms with van der Waals surface area (Å²) in [4.78, 5) is 36.6. The number of hydrogen-bond donors (Lipinski definition) is 2. The Morgan fingerprint density at radius 1 is 0.962 bits per heavy atom. The highest BCUT2D eigenvalue weighted by molar-refractivity contribution is 6.25. The summed E-state index contributed by atoms with van der Waals surface area (Å²) >= 11 is 0. The van der Waals surface area contributed by atoms with Crippen molar-refractivity contribution < 1.29 is 19.6 Å². The van der Waals surface area contributed by atoms with Gasteiger partial charge in [-0.25, -0.2) is 5.48 Å². The van der Waals surface area contributed by atoms with Crippen molar-refractivity contribution in [2.75, 3.05) is 0 Å². The second-order valence-electron chi connectivity index (χ2n) is 6.69. The minimum absolute atomic E-state index is 0.0680. The molecule has 2 rings (SSSR count). The summed E-state index contributed by atoms with van der Waals surface area (Å²) < 4.78 is 0. The van der Waals surface area contributed by atoms with E-state index in [0.29, 0.717) is 41.6 Å². The number of carbonyl (C=O) groups is 3. The van der Waals surface area contributed by atoms with Crippen molar-refractivity contribution in [3.8, 4) is 0 Å². The van der Waals surface area contributed by atoms with Crippen LogP contribution in [0.5, 0.6) is 0 Å². The van der Waals surface area contributed by atoms with Crippen LogP contribution in [0.4, 0.5) is 0 Å². The number of benzene rings is 1. The van der Waals surface area contributed by atoms with Crippen LogP contribution in [0.1, 0.15) is 57.9 Å². The number of rotatable bonds is 7. The summed E-state index contributed by atoms with van der Waals surface area (Å²) in [5.41, 5.74) is 4.72. The molecule has 5 heteroatoms. The number of hydrogen-bond acceptors (Lipinski definition) is 4. The average Bonchev–Trinajstić information content (AvgIpc) is 2.67. The maximum atomic E-state index is 12.9. The Morgan fingerprint density at radius 2 is 1.58 bits per heavy atom. The van der Waals surface area contributed by atoms with Gasteiger partial charge in [0.2, 0.25) is 5.91 Å². The van der Waals surface area contributed by atoms with Gasteiger partial charge in [0.05, 0.1) is 0 Å². The molecule has 0 saturated heterocycles. The van der Waals surface area contributed by atoms with Gasteiger partial charge >= 0.3 is 0 Å². The zero-order chi connectivity index (χ0) is 19.3. The fraction of sp³-hybridized carbons (Fsp3) is 0.381. The number of unbranched alkanes of at least 4 members (excludes halogenated alkanes) is 1. The molecule has 1 aromatic rings. The van der Waals surface area contributed by atoms with Gasteiger partial charge in [0.1, 0.15) is 0 Å². The number of nitrogens with one attached hydrogen (secondary N) is 1. The summed E-state index contributed by atoms with van der Waals surface area (Å²) in [6.45, 7) is 5.12. The highest BCUT2D eigenvalue weighted by Gasteiger charge is 2.33. The normalized spacial score (nSPS) is 16.2. The molecule has 0 aliphatic heterocycles. The van der Waals surface area contributed by atoms with Crippen molar-refractivity contribution in [2.45, 2.75) is 52.4 Å². The molecule has 26 heavy (non-hydrogen) atoms. The Hall–Kier alpha value is -2.53. The van der Waals surface area contributed by atoms with E-state index in [2.05, 4.69) is 0 Å². The minimum Gasteiger partial charge on any atom is -0.289 e. The molecular formula is C21H25NO4. The summed E-state index contributed by atoms with van der Waals surface area (Å²) in [5.74, 6) is -0.748. The quantitative estimate of drug-likeness (QED) is 0.338. The van der Waals surface area contributed by atoms with Gasteiger partial charge in [0, 0.05) is 34.6 Å². The molecule has 1 unspecified atom stereocenters. The number of amides is 1. The zero-order valence-electron chi connectivity index (χ0n) is 15.5. The van der Waals surface area contributed by atoms with E-state index in [4.69, 9.17) is 5.21 Å². The maximum absolute atomic E-state index is 12.9. The number of hydroxylamine groups is 1. The third-order valence-corrected chi connectivity index (χ3v) is 5.05. The fourth-order valence-corrected chi connectivity index (χ4v) is 3.39. The van der Waals surface area contributed by atoms with Gasteiger partial charge in [-0.05, 0) is 39.2 Å². The van der Waals surface area contributed by atoms with E-state index in [0.717, 1.165) is 5.56 Å². The second kappa shape index (κ2) is 8.72. The van der Waals surface area contributed by atoms with E-state index in [1.165, 1.54) is 0 Å². The summed E-state index contributed by atoms with van der Waals surface area (Å²) in [6.07, 6.45) is 2.17. The monoisotopic (exact) mass is 355 g/mol. The molecule has 0 spiro atoms. The molecule has 1 amide bonds. The standard InChI is InChI=1S/C21H25NO4/c1-13-14(2)21(25)19(15(3)20(13)24)17(16-9-5-4-6-10-16)11-7-8-12-18(23)22-26/h4-6,9-10,17,26H,7-8,11-12H2,1-3H3,(H,22,23). The Bertz CT molecular complexity index is 774. The zero-order valence-corrected chi connectivity index (χ0v) is 15.5. The second-order valence-corrected chi connectivity index (χ2v) is 6.69. The predicted octanol–water partition coefficient (Wildman–Crippen LogP) is 3.64. The van der Waals surface area contributed by atoms with Crippen LogP contribution in [0.25, 0.3) is 0 Å². The highest BCUT2D eigenvalue weighted by atomic mass is 16.5. The highest BCUT2D eigenvalue weighted by Crippen LogP contribution is 2.37. The Morgan fingerprint density at radius 3 is 2.19 bits per heavy atom. The van der Waals surface area contributed by atoms with E-state index in [1.807, 2.05) is 30.3 Å². The fourth-order valence-electron chi connectivity index (χ4n) is 3.39. The molecule has 5 nitrogen and oxygen atoms in total. The topological polar surface area (TPSA) is 83.5 Å². The number of Topliss-reactive ketones (excluding diaryl/α,β-unsaturated/α-hetero) is 2. The number of allylic oxidation sites excluding steroid dienone is 4. The first-order chi connectivity index (χ1) is 12.4. The molecular weight excluding hydrogens is 330 g/mol. The van der Waals surface area contributed by atoms with Gasteiger partial charge in [-0.2, -0.15) is 0 Å². The van der Waals surface area contributed by atoms with Gasteiger partial charge in [-0.15, -0.1) is 0 Å². The van der Waals surface area contributed by atoms with Gasteiger partial charge in [-0.1, -0.05) is 36.8 Å². The van der Waals surface area contributed by atoms with Crippen molar-refractivity contribution in [3.63, 3.8) is 0 Å². The largest absolute Gasteiger partial charge is 0.289 e. The van der Waals surface area contributed by atoms with Gasteiger partial charge < -0.3 is 0 Å². The molecule has 0 radical (unpaired) electrons. The molecule has 0 fully saturated rings. The van der Waals surface area contributed by atoms with Crippen LogP contribution in [0.15, 0.2) is 52.6 Å². The Kier molecular flexibility index (Phi) is 6.64. The van der Waals surface area contributed by atoms with Gasteiger partial charge in [0.25, 0.3) is 0 Å². The lowest BCUT2D eigenvalue weighted by atomic mass is 9.76. The maximum Gasteiger partial charge on any atom is 0.243 e. The van der Waals surface area contributed by atoms with Crippen LogP contribution < -0.4 is 5.48 Å². The smallest absolute Gasteiger partial charge is 0.243 e. The summed E-state index contributed by atoms with van der Waals surface area (Å²) in [5, 5.41) is 8.58. The van der Waals surface area contributed by atoms with E-state index >= 15 is 0 Å². The molecule has 0 bridgehead atoms. The first-order valence-electron chi connectivity index (χ1n) is 8.84. The van der Waals surface area contributed by atoms with Gasteiger partial charge in [-0.3, -0.25) is 19.6 Å². The third-order valence-electron chi connectivity index (χ3n) is 5.05. The van der Waals surface area contributed by atoms with Crippen molar-refractivity contribution in [1.82, 2.24) is 5.48 Å². The van der Waals surface area contributed by atoms with Crippen molar-refractivity contribution >= 4 is 17.5 Å². The number of ketones is 2. The summed E-state index contributed by atoms with van der Waals surface area (Å²) in [6, 6.07) is 9.67. The first kappa shape index (κ1) is 19.8. The van der Waals surface area contributed by atoms with Crippen LogP contribution in [-0.4, -0.2) is 22.7 Å². The molecule has 1 aromatic carbocycles. The lowest BCUT2D eigenvalue weighted by molar-refractivity contribution is -0.129. The molecule has 0 heterocycles. The van der Waals surface area contributed by atoms with Gasteiger partial charge in [0.15, 0.2) is 11.6 Å². The van der Waals surface area contributed by atoms with Crippen molar-refractivity contribution in [3.05, 3.63) is 58.2 Å². The van der Waals surface area contributed by atoms with Crippen molar-refractivity contribution in [1.29, 1.82) is 0 Å². The lowest BCUT2D eigenvalue weighted by Crippen LogP contribution is -2.24. The van der Waals surface area contributed by atoms with E-state index in [1.54, 1.807) is 26.3 Å². The first-order valence-corrected chi connectivity index (χ1v) is 8.84. The van der Waals surface area contributed by atoms with Crippen LogP contribution >= 0.6 is 0 Å². The minimum atomic E-state index is -0.421. The molecule has 1 aliphatic rings. The average molecular weight is 355 g/mol. The molecule has 1 aliphatic carbocycles. The Balaban J connectivity index is 2.31. The molecule has 0 aromatic heterocycles. The molecule has 1 atom stereocenters. The number of carbonyl (C=O) groups excluding carboxylic acids is 3. The van der Waals surface area contributed by atoms with Crippen LogP contribution in [0.2, 0.25) is 0 Å². The third kappa shape index (κ3) is 4.17. The predicted molar refractivity (Wildman–Crippen MR) is 98.7 cm³/mol. The van der Waals surface area contributed by atoms with Crippen LogP contribution in [-0.2, 0) is 14.4 Å². The molecule has 0 saturated carbocycles. The summed E-state index contributed by atoms with van der Waals surface area (Å²) in [7, 11) is 0. The Labute approximate surface area is 153 Å². The van der Waals surface area contributed by atoms with Crippen LogP contribution in [0.3, 0.4) is 0 Å². The van der Waals surface area contributed by atoms with E-state index < -0.39 is 5.91 Å². The van der Waals surface area contributed by atoms with E-state index in [9.17, 15) is 14.4 Å². The molecule has 138 valence electrons. The lowest BCUT2D eigenvalue weighted by Gasteiger charge is -2.26. The van der Waals surface area contributed by atoms with Crippen molar-refractivity contribution in [2.24, 2.45) is 0 Å².